The maximum atomic E-state index is 13.2. The average Bonchev–Trinajstić information content (AvgIpc) is 3.33. The van der Waals surface area contributed by atoms with Crippen molar-refractivity contribution in [3.63, 3.8) is 0 Å². The lowest BCUT2D eigenvalue weighted by Crippen LogP contribution is -2.21. The van der Waals surface area contributed by atoms with Gasteiger partial charge in [0.05, 0.1) is 24.9 Å². The summed E-state index contributed by atoms with van der Waals surface area (Å²) in [5.41, 5.74) is 3.74. The van der Waals surface area contributed by atoms with Crippen LogP contribution in [-0.4, -0.2) is 22.8 Å². The number of aromatic nitrogens is 2. The largest absolute Gasteiger partial charge is 0.494 e. The van der Waals surface area contributed by atoms with Gasteiger partial charge in [0.15, 0.2) is 0 Å². The normalized spacial score (nSPS) is 14.9. The van der Waals surface area contributed by atoms with Crippen molar-refractivity contribution < 1.29 is 9.47 Å². The molecule has 1 aliphatic carbocycles. The van der Waals surface area contributed by atoms with Crippen LogP contribution < -0.4 is 15.0 Å². The summed E-state index contributed by atoms with van der Waals surface area (Å²) in [7, 11) is 0. The molecular formula is C33H40N2O3S. The Kier molecular flexibility index (Phi) is 9.36. The third kappa shape index (κ3) is 6.91. The van der Waals surface area contributed by atoms with Crippen LogP contribution in [0.4, 0.5) is 0 Å². The zero-order chi connectivity index (χ0) is 27.0. The van der Waals surface area contributed by atoms with Gasteiger partial charge in [-0.25, -0.2) is 4.98 Å². The number of hydrogen-bond donors (Lipinski definition) is 0. The Labute approximate surface area is 235 Å². The lowest BCUT2D eigenvalue weighted by atomic mass is 9.89. The second-order valence-electron chi connectivity index (χ2n) is 10.8. The lowest BCUT2D eigenvalue weighted by molar-refractivity contribution is 0.303. The minimum absolute atomic E-state index is 0.137. The molecule has 5 nitrogen and oxygen atoms in total. The van der Waals surface area contributed by atoms with Crippen LogP contribution in [0.5, 0.6) is 11.5 Å². The molecule has 0 spiro atoms. The molecule has 0 N–H and O–H groups in total. The van der Waals surface area contributed by atoms with Gasteiger partial charge in [-0.05, 0) is 91.8 Å². The SMILES string of the molecule is CCCCCOc1ccc(-c2ccc(OCCCCCn3cnc4sc5c(c4c3=O)CCC(C)C5)cc2)cc1. The van der Waals surface area contributed by atoms with Crippen molar-refractivity contribution in [3.8, 4) is 22.6 Å². The molecule has 0 fully saturated rings. The lowest BCUT2D eigenvalue weighted by Gasteiger charge is -2.17. The third-order valence-electron chi connectivity index (χ3n) is 7.65. The Hall–Kier alpha value is -3.12. The summed E-state index contributed by atoms with van der Waals surface area (Å²) >= 11 is 1.72. The van der Waals surface area contributed by atoms with E-state index >= 15 is 0 Å². The zero-order valence-electron chi connectivity index (χ0n) is 23.3. The molecule has 4 aromatic rings. The summed E-state index contributed by atoms with van der Waals surface area (Å²) in [5.74, 6) is 2.51. The van der Waals surface area contributed by atoms with E-state index in [1.54, 1.807) is 22.2 Å². The highest BCUT2D eigenvalue weighted by Crippen LogP contribution is 2.35. The van der Waals surface area contributed by atoms with Crippen LogP contribution in [0.1, 0.15) is 69.2 Å². The van der Waals surface area contributed by atoms with Crippen molar-refractivity contribution in [2.75, 3.05) is 13.2 Å². The van der Waals surface area contributed by atoms with E-state index in [2.05, 4.69) is 43.1 Å². The summed E-state index contributed by atoms with van der Waals surface area (Å²) in [5, 5.41) is 0.878. The minimum Gasteiger partial charge on any atom is -0.494 e. The molecule has 0 bridgehead atoms. The molecule has 1 unspecified atom stereocenters. The van der Waals surface area contributed by atoms with E-state index in [1.807, 2.05) is 24.3 Å². The first-order valence-electron chi connectivity index (χ1n) is 14.6. The van der Waals surface area contributed by atoms with Crippen LogP contribution in [0.25, 0.3) is 21.3 Å². The fourth-order valence-corrected chi connectivity index (χ4v) is 6.65. The monoisotopic (exact) mass is 544 g/mol. The van der Waals surface area contributed by atoms with Gasteiger partial charge in [-0.15, -0.1) is 11.3 Å². The molecule has 5 rings (SSSR count). The van der Waals surface area contributed by atoms with E-state index < -0.39 is 0 Å². The summed E-state index contributed by atoms with van der Waals surface area (Å²) < 4.78 is 13.6. The van der Waals surface area contributed by atoms with Crippen LogP contribution in [0, 0.1) is 5.92 Å². The molecule has 1 atom stereocenters. The van der Waals surface area contributed by atoms with Gasteiger partial charge in [-0.3, -0.25) is 9.36 Å². The first-order chi connectivity index (χ1) is 19.1. The van der Waals surface area contributed by atoms with Crippen molar-refractivity contribution in [1.29, 1.82) is 0 Å². The second kappa shape index (κ2) is 13.3. The Morgan fingerprint density at radius 3 is 2.18 bits per heavy atom. The van der Waals surface area contributed by atoms with E-state index in [0.717, 1.165) is 78.8 Å². The van der Waals surface area contributed by atoms with Crippen LogP contribution in [0.3, 0.4) is 0 Å². The van der Waals surface area contributed by atoms with Crippen LogP contribution in [0.2, 0.25) is 0 Å². The molecule has 2 heterocycles. The molecular weight excluding hydrogens is 504 g/mol. The molecule has 206 valence electrons. The fourth-order valence-electron chi connectivity index (χ4n) is 5.31. The molecule has 6 heteroatoms. The summed E-state index contributed by atoms with van der Waals surface area (Å²) in [6.07, 6.45) is 11.4. The predicted octanol–water partition coefficient (Wildman–Crippen LogP) is 8.07. The van der Waals surface area contributed by atoms with E-state index in [0.29, 0.717) is 19.1 Å². The van der Waals surface area contributed by atoms with Gasteiger partial charge >= 0.3 is 0 Å². The summed E-state index contributed by atoms with van der Waals surface area (Å²) in [6.45, 7) is 6.66. The molecule has 0 aliphatic heterocycles. The predicted molar refractivity (Wildman–Crippen MR) is 161 cm³/mol. The Bertz CT molecular complexity index is 1410. The van der Waals surface area contributed by atoms with Gasteiger partial charge in [0.2, 0.25) is 0 Å². The fraction of sp³-hybridized carbons (Fsp3) is 0.455. The number of benzene rings is 2. The van der Waals surface area contributed by atoms with Crippen molar-refractivity contribution in [1.82, 2.24) is 9.55 Å². The minimum atomic E-state index is 0.137. The first kappa shape index (κ1) is 27.4. The van der Waals surface area contributed by atoms with Crippen molar-refractivity contribution in [2.24, 2.45) is 5.92 Å². The topological polar surface area (TPSA) is 53.4 Å². The summed E-state index contributed by atoms with van der Waals surface area (Å²) in [6, 6.07) is 16.6. The van der Waals surface area contributed by atoms with E-state index in [4.69, 9.17) is 9.47 Å². The molecule has 0 radical (unpaired) electrons. The number of ether oxygens (including phenoxy) is 2. The maximum absolute atomic E-state index is 13.2. The third-order valence-corrected chi connectivity index (χ3v) is 8.82. The molecule has 1 aliphatic rings. The molecule has 2 aromatic carbocycles. The van der Waals surface area contributed by atoms with Gasteiger partial charge in [0.1, 0.15) is 16.3 Å². The van der Waals surface area contributed by atoms with E-state index in [9.17, 15) is 4.79 Å². The van der Waals surface area contributed by atoms with Crippen LogP contribution >= 0.6 is 11.3 Å². The standard InChI is InChI=1S/C33H40N2O3S/c1-3-4-7-20-37-27-14-10-25(11-15-27)26-12-16-28(17-13-26)38-21-8-5-6-19-35-23-34-32-31(33(35)36)29-18-9-24(2)22-30(29)39-32/h10-17,23-24H,3-9,18-22H2,1-2H3. The first-order valence-corrected chi connectivity index (χ1v) is 15.4. The number of nitrogens with zero attached hydrogens (tertiary/aromatic N) is 2. The highest BCUT2D eigenvalue weighted by molar-refractivity contribution is 7.18. The molecule has 0 saturated carbocycles. The Balaban J connectivity index is 1.05. The van der Waals surface area contributed by atoms with Crippen LogP contribution in [-0.2, 0) is 19.4 Å². The number of aryl methyl sites for hydroxylation is 2. The molecule has 0 amide bonds. The smallest absolute Gasteiger partial charge is 0.262 e. The van der Waals surface area contributed by atoms with Crippen LogP contribution in [0.15, 0.2) is 59.7 Å². The molecule has 0 saturated heterocycles. The number of unbranched alkanes of at least 4 members (excludes halogenated alkanes) is 4. The number of hydrogen-bond acceptors (Lipinski definition) is 5. The highest BCUT2D eigenvalue weighted by Gasteiger charge is 2.23. The highest BCUT2D eigenvalue weighted by atomic mass is 32.1. The van der Waals surface area contributed by atoms with Gasteiger partial charge in [-0.2, -0.15) is 0 Å². The molecule has 39 heavy (non-hydrogen) atoms. The van der Waals surface area contributed by atoms with Gasteiger partial charge in [0.25, 0.3) is 5.56 Å². The van der Waals surface area contributed by atoms with Gasteiger partial charge < -0.3 is 9.47 Å². The number of fused-ring (bicyclic) bond motifs is 3. The van der Waals surface area contributed by atoms with Crippen molar-refractivity contribution in [2.45, 2.75) is 78.2 Å². The average molecular weight is 545 g/mol. The molecule has 2 aromatic heterocycles. The summed E-state index contributed by atoms with van der Waals surface area (Å²) in [4.78, 5) is 20.1. The zero-order valence-corrected chi connectivity index (χ0v) is 24.1. The van der Waals surface area contributed by atoms with E-state index in [-0.39, 0.29) is 5.56 Å². The maximum Gasteiger partial charge on any atom is 0.262 e. The number of rotatable bonds is 13. The van der Waals surface area contributed by atoms with Crippen molar-refractivity contribution in [3.05, 3.63) is 75.7 Å². The van der Waals surface area contributed by atoms with Gasteiger partial charge in [0, 0.05) is 11.4 Å². The Morgan fingerprint density at radius 1 is 0.897 bits per heavy atom. The van der Waals surface area contributed by atoms with E-state index in [1.165, 1.54) is 28.8 Å². The quantitative estimate of drug-likeness (QED) is 0.160. The Morgan fingerprint density at radius 2 is 1.54 bits per heavy atom. The van der Waals surface area contributed by atoms with Crippen molar-refractivity contribution >= 4 is 21.6 Å². The second-order valence-corrected chi connectivity index (χ2v) is 11.9. The van der Waals surface area contributed by atoms with Gasteiger partial charge in [-0.1, -0.05) is 51.0 Å². The number of thiophene rings is 1.